The van der Waals surface area contributed by atoms with E-state index in [9.17, 15) is 14.0 Å². The van der Waals surface area contributed by atoms with Crippen LogP contribution in [0.15, 0.2) is 72.2 Å². The molecule has 0 radical (unpaired) electrons. The zero-order valence-corrected chi connectivity index (χ0v) is 22.1. The smallest absolute Gasteiger partial charge is 0.293 e. The van der Waals surface area contributed by atoms with Crippen LogP contribution < -0.4 is 9.47 Å². The third-order valence-corrected chi connectivity index (χ3v) is 7.10. The van der Waals surface area contributed by atoms with E-state index >= 15 is 0 Å². The summed E-state index contributed by atoms with van der Waals surface area (Å²) in [6.45, 7) is 3.87. The maximum absolute atomic E-state index is 14.2. The number of halogens is 3. The topological polar surface area (TPSA) is 55.8 Å². The van der Waals surface area contributed by atoms with Gasteiger partial charge in [-0.05, 0) is 71.8 Å². The summed E-state index contributed by atoms with van der Waals surface area (Å²) in [4.78, 5) is 26.8. The van der Waals surface area contributed by atoms with Gasteiger partial charge in [0.15, 0.2) is 11.5 Å². The zero-order valence-electron chi connectivity index (χ0n) is 19.8. The minimum atomic E-state index is -0.580. The standard InChI is InChI=1S/C28H22Cl2FNO4S/c1-3-5-19-12-18(13-24(35-2)26(19)36-16-17-8-10-20(29)11-9-17)14-25-27(33)32(28(34)37-25)15-21-22(30)6-4-7-23(21)31/h3-4,6-14H,1,5,15-16H2,2H3/b25-14-. The van der Waals surface area contributed by atoms with Gasteiger partial charge in [0, 0.05) is 21.2 Å². The minimum Gasteiger partial charge on any atom is -0.493 e. The molecule has 0 aromatic heterocycles. The molecule has 5 nitrogen and oxygen atoms in total. The van der Waals surface area contributed by atoms with Gasteiger partial charge in [0.1, 0.15) is 12.4 Å². The summed E-state index contributed by atoms with van der Waals surface area (Å²) in [5.41, 5.74) is 2.46. The fourth-order valence-electron chi connectivity index (χ4n) is 3.75. The molecule has 1 aliphatic heterocycles. The van der Waals surface area contributed by atoms with Gasteiger partial charge in [-0.2, -0.15) is 0 Å². The number of hydrogen-bond donors (Lipinski definition) is 0. The van der Waals surface area contributed by atoms with Crippen molar-refractivity contribution in [3.63, 3.8) is 0 Å². The fourth-order valence-corrected chi connectivity index (χ4v) is 4.94. The molecule has 9 heteroatoms. The third kappa shape index (κ3) is 6.18. The molecule has 3 aromatic carbocycles. The molecule has 1 fully saturated rings. The Morgan fingerprint density at radius 2 is 1.86 bits per heavy atom. The summed E-state index contributed by atoms with van der Waals surface area (Å²) in [7, 11) is 1.53. The first-order valence-corrected chi connectivity index (χ1v) is 12.7. The van der Waals surface area contributed by atoms with Crippen molar-refractivity contribution in [3.8, 4) is 11.5 Å². The van der Waals surface area contributed by atoms with E-state index in [0.29, 0.717) is 35.1 Å². The number of hydrogen-bond acceptors (Lipinski definition) is 5. The zero-order chi connectivity index (χ0) is 26.5. The number of methoxy groups -OCH3 is 1. The molecule has 37 heavy (non-hydrogen) atoms. The van der Waals surface area contributed by atoms with Crippen molar-refractivity contribution < 1.29 is 23.5 Å². The maximum atomic E-state index is 14.2. The maximum Gasteiger partial charge on any atom is 0.293 e. The number of nitrogens with zero attached hydrogens (tertiary/aromatic N) is 1. The van der Waals surface area contributed by atoms with Gasteiger partial charge in [0.05, 0.1) is 18.6 Å². The summed E-state index contributed by atoms with van der Waals surface area (Å²) in [5, 5.41) is 0.284. The Morgan fingerprint density at radius 1 is 1.11 bits per heavy atom. The lowest BCUT2D eigenvalue weighted by Crippen LogP contribution is -2.28. The number of benzene rings is 3. The second-order valence-electron chi connectivity index (χ2n) is 8.09. The number of carbonyl (C=O) groups is 2. The predicted molar refractivity (Wildman–Crippen MR) is 146 cm³/mol. The molecule has 0 N–H and O–H groups in total. The summed E-state index contributed by atoms with van der Waals surface area (Å²) < 4.78 is 25.9. The highest BCUT2D eigenvalue weighted by atomic mass is 35.5. The second kappa shape index (κ2) is 11.9. The summed E-state index contributed by atoms with van der Waals surface area (Å²) in [5.74, 6) is -0.0844. The lowest BCUT2D eigenvalue weighted by Gasteiger charge is -2.16. The minimum absolute atomic E-state index is 0.0878. The van der Waals surface area contributed by atoms with Crippen LogP contribution in [0, 0.1) is 5.82 Å². The molecule has 1 saturated heterocycles. The van der Waals surface area contributed by atoms with Crippen molar-refractivity contribution in [2.75, 3.05) is 7.11 Å². The van der Waals surface area contributed by atoms with E-state index < -0.39 is 17.0 Å². The van der Waals surface area contributed by atoms with Gasteiger partial charge in [0.2, 0.25) is 0 Å². The number of thioether (sulfide) groups is 1. The molecule has 3 aromatic rings. The molecule has 0 bridgehead atoms. The Morgan fingerprint density at radius 3 is 2.54 bits per heavy atom. The number of imide groups is 1. The number of carbonyl (C=O) groups excluding carboxylic acids is 2. The van der Waals surface area contributed by atoms with E-state index in [1.54, 1.807) is 30.4 Å². The van der Waals surface area contributed by atoms with Crippen LogP contribution in [-0.4, -0.2) is 23.2 Å². The van der Waals surface area contributed by atoms with Crippen LogP contribution in [0.5, 0.6) is 11.5 Å². The van der Waals surface area contributed by atoms with Crippen LogP contribution in [0.25, 0.3) is 6.08 Å². The van der Waals surface area contributed by atoms with Gasteiger partial charge in [-0.1, -0.05) is 47.5 Å². The van der Waals surface area contributed by atoms with Crippen molar-refractivity contribution in [2.24, 2.45) is 0 Å². The summed E-state index contributed by atoms with van der Waals surface area (Å²) in [6, 6.07) is 15.1. The summed E-state index contributed by atoms with van der Waals surface area (Å²) in [6.07, 6.45) is 3.83. The van der Waals surface area contributed by atoms with E-state index in [4.69, 9.17) is 32.7 Å². The Labute approximate surface area is 228 Å². The Hall–Kier alpha value is -3.26. The quantitative estimate of drug-likeness (QED) is 0.199. The molecule has 0 saturated carbocycles. The molecule has 1 aliphatic rings. The van der Waals surface area contributed by atoms with E-state index in [1.165, 1.54) is 25.3 Å². The van der Waals surface area contributed by atoms with Crippen LogP contribution in [0.3, 0.4) is 0 Å². The van der Waals surface area contributed by atoms with Crippen molar-refractivity contribution in [2.45, 2.75) is 19.6 Å². The van der Waals surface area contributed by atoms with Crippen molar-refractivity contribution in [3.05, 3.63) is 110 Å². The molecule has 2 amide bonds. The molecule has 0 unspecified atom stereocenters. The Balaban J connectivity index is 1.60. The van der Waals surface area contributed by atoms with Gasteiger partial charge < -0.3 is 9.47 Å². The van der Waals surface area contributed by atoms with E-state index in [2.05, 4.69) is 6.58 Å². The van der Waals surface area contributed by atoms with Gasteiger partial charge in [-0.3, -0.25) is 14.5 Å². The number of amides is 2. The SMILES string of the molecule is C=CCc1cc(/C=C2\SC(=O)N(Cc3c(F)cccc3Cl)C2=O)cc(OC)c1OCc1ccc(Cl)cc1. The average molecular weight is 558 g/mol. The van der Waals surface area contributed by atoms with Crippen LogP contribution in [0.4, 0.5) is 9.18 Å². The van der Waals surface area contributed by atoms with Gasteiger partial charge in [0.25, 0.3) is 11.1 Å². The molecule has 190 valence electrons. The number of allylic oxidation sites excluding steroid dienone is 1. The van der Waals surface area contributed by atoms with E-state index in [0.717, 1.165) is 27.8 Å². The third-order valence-electron chi connectivity index (χ3n) is 5.58. The monoisotopic (exact) mass is 557 g/mol. The molecule has 0 aliphatic carbocycles. The highest BCUT2D eigenvalue weighted by Gasteiger charge is 2.36. The van der Waals surface area contributed by atoms with Crippen LogP contribution in [0.1, 0.15) is 22.3 Å². The molecule has 4 rings (SSSR count). The Kier molecular flexibility index (Phi) is 8.59. The van der Waals surface area contributed by atoms with E-state index in [-0.39, 0.29) is 22.0 Å². The summed E-state index contributed by atoms with van der Waals surface area (Å²) >= 11 is 12.8. The fraction of sp³-hybridized carbons (Fsp3) is 0.143. The number of ether oxygens (including phenoxy) is 2. The highest BCUT2D eigenvalue weighted by molar-refractivity contribution is 8.18. The first-order chi connectivity index (χ1) is 17.8. The lowest BCUT2D eigenvalue weighted by molar-refractivity contribution is -0.123. The average Bonchev–Trinajstić information content (AvgIpc) is 3.13. The molecule has 0 atom stereocenters. The predicted octanol–water partition coefficient (Wildman–Crippen LogP) is 7.69. The number of rotatable bonds is 9. The van der Waals surface area contributed by atoms with Gasteiger partial charge >= 0.3 is 0 Å². The highest BCUT2D eigenvalue weighted by Crippen LogP contribution is 2.38. The normalized spacial score (nSPS) is 14.4. The molecular weight excluding hydrogens is 536 g/mol. The van der Waals surface area contributed by atoms with Crippen LogP contribution in [0.2, 0.25) is 10.0 Å². The second-order valence-corrected chi connectivity index (χ2v) is 9.92. The van der Waals surface area contributed by atoms with Crippen molar-refractivity contribution in [1.82, 2.24) is 4.90 Å². The van der Waals surface area contributed by atoms with Gasteiger partial charge in [-0.15, -0.1) is 6.58 Å². The van der Waals surface area contributed by atoms with Crippen molar-refractivity contribution in [1.29, 1.82) is 0 Å². The first-order valence-electron chi connectivity index (χ1n) is 11.2. The van der Waals surface area contributed by atoms with Crippen molar-refractivity contribution >= 4 is 52.2 Å². The van der Waals surface area contributed by atoms with Crippen LogP contribution >= 0.6 is 35.0 Å². The van der Waals surface area contributed by atoms with Gasteiger partial charge in [-0.25, -0.2) is 4.39 Å². The molecule has 1 heterocycles. The first kappa shape index (κ1) is 26.8. The lowest BCUT2D eigenvalue weighted by atomic mass is 10.0. The molecular formula is C28H22Cl2FNO4S. The molecule has 0 spiro atoms. The van der Waals surface area contributed by atoms with E-state index in [1.807, 2.05) is 18.2 Å². The van der Waals surface area contributed by atoms with Crippen LogP contribution in [-0.2, 0) is 24.4 Å². The largest absolute Gasteiger partial charge is 0.493 e. The Bertz CT molecular complexity index is 1370.